The molecular weight excluding hydrogens is 368 g/mol. The van der Waals surface area contributed by atoms with E-state index in [1.165, 1.54) is 4.90 Å². The van der Waals surface area contributed by atoms with Crippen molar-refractivity contribution in [3.8, 4) is 11.5 Å². The van der Waals surface area contributed by atoms with Crippen LogP contribution in [0, 0.1) is 0 Å². The Bertz CT molecular complexity index is 594. The largest absolute Gasteiger partial charge is 0.494 e. The van der Waals surface area contributed by atoms with E-state index < -0.39 is 6.10 Å². The normalized spacial score (nSPS) is 15.5. The number of quaternary nitrogens is 1. The van der Waals surface area contributed by atoms with Crippen molar-refractivity contribution >= 4 is 23.2 Å². The van der Waals surface area contributed by atoms with E-state index in [0.29, 0.717) is 17.5 Å². The Kier molecular flexibility index (Phi) is 9.09. The minimum Gasteiger partial charge on any atom is -0.494 e. The van der Waals surface area contributed by atoms with Crippen molar-refractivity contribution < 1.29 is 23.9 Å². The monoisotopic (exact) mass is 397 g/mol. The van der Waals surface area contributed by atoms with E-state index in [1.807, 2.05) is 6.92 Å². The first-order valence-electron chi connectivity index (χ1n) is 9.23. The number of morpholine rings is 1. The minimum absolute atomic E-state index is 0.313. The van der Waals surface area contributed by atoms with Crippen molar-refractivity contribution in [3.63, 3.8) is 0 Å². The number of hydrazine groups is 1. The lowest BCUT2D eigenvalue weighted by molar-refractivity contribution is -0.906. The molecule has 1 aliphatic heterocycles. The summed E-state index contributed by atoms with van der Waals surface area (Å²) in [6.07, 6.45) is -0.670. The van der Waals surface area contributed by atoms with Crippen molar-refractivity contribution in [1.82, 2.24) is 16.2 Å². The van der Waals surface area contributed by atoms with Gasteiger partial charge in [-0.2, -0.15) is 0 Å². The predicted molar refractivity (Wildman–Crippen MR) is 106 cm³/mol. The van der Waals surface area contributed by atoms with Gasteiger partial charge in [-0.3, -0.25) is 15.6 Å². The van der Waals surface area contributed by atoms with Gasteiger partial charge in [0.15, 0.2) is 11.2 Å². The highest BCUT2D eigenvalue weighted by atomic mass is 32.1. The van der Waals surface area contributed by atoms with Crippen molar-refractivity contribution in [2.45, 2.75) is 20.0 Å². The average Bonchev–Trinajstić information content (AvgIpc) is 2.68. The number of carbonyl (C=O) groups excluding carboxylic acids is 1. The summed E-state index contributed by atoms with van der Waals surface area (Å²) >= 11 is 5.17. The number of benzene rings is 1. The van der Waals surface area contributed by atoms with Crippen molar-refractivity contribution in [3.05, 3.63) is 24.3 Å². The molecular formula is C18H29N4O4S+. The summed E-state index contributed by atoms with van der Waals surface area (Å²) in [6.45, 7) is 9.52. The first kappa shape index (κ1) is 21.2. The number of ether oxygens (including phenoxy) is 3. The maximum absolute atomic E-state index is 12.1. The van der Waals surface area contributed by atoms with Crippen LogP contribution in [-0.2, 0) is 9.53 Å². The lowest BCUT2D eigenvalue weighted by atomic mass is 10.3. The molecule has 27 heavy (non-hydrogen) atoms. The van der Waals surface area contributed by atoms with Crippen LogP contribution in [0.15, 0.2) is 24.3 Å². The third-order valence-electron chi connectivity index (χ3n) is 4.08. The summed E-state index contributed by atoms with van der Waals surface area (Å²) < 4.78 is 16.3. The molecule has 1 aromatic rings. The number of rotatable bonds is 8. The van der Waals surface area contributed by atoms with Crippen LogP contribution in [0.5, 0.6) is 11.5 Å². The van der Waals surface area contributed by atoms with E-state index >= 15 is 0 Å². The second-order valence-electron chi connectivity index (χ2n) is 6.15. The van der Waals surface area contributed by atoms with Crippen LogP contribution < -0.4 is 30.5 Å². The van der Waals surface area contributed by atoms with E-state index in [9.17, 15) is 4.79 Å². The first-order valence-corrected chi connectivity index (χ1v) is 9.64. The quantitative estimate of drug-likeness (QED) is 0.340. The predicted octanol–water partition coefficient (Wildman–Crippen LogP) is -0.737. The zero-order chi connectivity index (χ0) is 19.5. The summed E-state index contributed by atoms with van der Waals surface area (Å²) in [5.74, 6) is 1.04. The molecule has 0 spiro atoms. The third kappa shape index (κ3) is 7.98. The topological polar surface area (TPSA) is 85.3 Å². The summed E-state index contributed by atoms with van der Waals surface area (Å²) in [7, 11) is 0. The smallest absolute Gasteiger partial charge is 0.279 e. The molecule has 0 aromatic heterocycles. The van der Waals surface area contributed by atoms with Gasteiger partial charge in [0.1, 0.15) is 24.6 Å². The number of amides is 1. The average molecular weight is 398 g/mol. The Labute approximate surface area is 165 Å². The second-order valence-corrected chi connectivity index (χ2v) is 6.56. The van der Waals surface area contributed by atoms with E-state index in [1.54, 1.807) is 31.2 Å². The molecule has 9 heteroatoms. The van der Waals surface area contributed by atoms with Crippen LogP contribution >= 0.6 is 12.2 Å². The van der Waals surface area contributed by atoms with E-state index in [2.05, 4.69) is 16.2 Å². The summed E-state index contributed by atoms with van der Waals surface area (Å²) in [5.41, 5.74) is 5.25. The molecule has 1 amide bonds. The number of hydrogen-bond acceptors (Lipinski definition) is 5. The Morgan fingerprint density at radius 1 is 1.22 bits per heavy atom. The molecule has 0 bridgehead atoms. The summed E-state index contributed by atoms with van der Waals surface area (Å²) in [4.78, 5) is 13.6. The van der Waals surface area contributed by atoms with Crippen molar-refractivity contribution in [2.75, 3.05) is 46.0 Å². The fourth-order valence-corrected chi connectivity index (χ4v) is 2.72. The number of hydrogen-bond donors (Lipinski definition) is 4. The number of thiocarbonyl (C=S) groups is 1. The molecule has 0 saturated carbocycles. The molecule has 0 aliphatic carbocycles. The Morgan fingerprint density at radius 2 is 1.89 bits per heavy atom. The Balaban J connectivity index is 1.62. The molecule has 0 radical (unpaired) electrons. The SMILES string of the molecule is CCOc1ccc(O[C@H](C)C(=O)NNC(=S)NCC[NH+]2CCOCC2)cc1. The molecule has 1 atom stereocenters. The summed E-state index contributed by atoms with van der Waals surface area (Å²) in [6, 6.07) is 7.14. The highest BCUT2D eigenvalue weighted by Crippen LogP contribution is 2.18. The van der Waals surface area contributed by atoms with Gasteiger partial charge in [0, 0.05) is 0 Å². The second kappa shape index (κ2) is 11.6. The molecule has 0 unspecified atom stereocenters. The lowest BCUT2D eigenvalue weighted by Gasteiger charge is -2.24. The van der Waals surface area contributed by atoms with Gasteiger partial charge in [0.25, 0.3) is 5.91 Å². The van der Waals surface area contributed by atoms with Crippen LogP contribution in [0.3, 0.4) is 0 Å². The van der Waals surface area contributed by atoms with Gasteiger partial charge in [-0.25, -0.2) is 0 Å². The van der Waals surface area contributed by atoms with Gasteiger partial charge in [-0.1, -0.05) is 0 Å². The maximum atomic E-state index is 12.1. The molecule has 1 heterocycles. The Morgan fingerprint density at radius 3 is 2.56 bits per heavy atom. The summed E-state index contributed by atoms with van der Waals surface area (Å²) in [5, 5.41) is 3.46. The van der Waals surface area contributed by atoms with Crippen LogP contribution in [-0.4, -0.2) is 63.1 Å². The van der Waals surface area contributed by atoms with Gasteiger partial charge >= 0.3 is 0 Å². The van der Waals surface area contributed by atoms with E-state index in [4.69, 9.17) is 26.4 Å². The molecule has 4 N–H and O–H groups in total. The molecule has 1 aliphatic rings. The third-order valence-corrected chi connectivity index (χ3v) is 4.33. The maximum Gasteiger partial charge on any atom is 0.279 e. The standard InChI is InChI=1S/C18H28N4O4S/c1-3-25-15-4-6-16(7-5-15)26-14(2)17(23)20-21-18(27)19-8-9-22-10-12-24-13-11-22/h4-7,14H,3,8-13H2,1-2H3,(H,20,23)(H2,19,21,27)/p+1/t14-/m1/s1. The highest BCUT2D eigenvalue weighted by Gasteiger charge is 2.15. The van der Waals surface area contributed by atoms with Gasteiger partial charge in [0.2, 0.25) is 0 Å². The van der Waals surface area contributed by atoms with Crippen molar-refractivity contribution in [1.29, 1.82) is 0 Å². The molecule has 8 nitrogen and oxygen atoms in total. The molecule has 150 valence electrons. The van der Waals surface area contributed by atoms with Gasteiger partial charge in [0.05, 0.1) is 32.9 Å². The van der Waals surface area contributed by atoms with Gasteiger partial charge in [-0.05, 0) is 50.3 Å². The minimum atomic E-state index is -0.670. The Hall–Kier alpha value is -2.10. The highest BCUT2D eigenvalue weighted by molar-refractivity contribution is 7.80. The fourth-order valence-electron chi connectivity index (χ4n) is 2.57. The van der Waals surface area contributed by atoms with Gasteiger partial charge < -0.3 is 24.4 Å². The zero-order valence-corrected chi connectivity index (χ0v) is 16.7. The van der Waals surface area contributed by atoms with Gasteiger partial charge in [-0.15, -0.1) is 0 Å². The van der Waals surface area contributed by atoms with E-state index in [-0.39, 0.29) is 5.91 Å². The zero-order valence-electron chi connectivity index (χ0n) is 15.9. The molecule has 1 aromatic carbocycles. The first-order chi connectivity index (χ1) is 13.1. The molecule has 1 saturated heterocycles. The van der Waals surface area contributed by atoms with E-state index in [0.717, 1.165) is 45.1 Å². The molecule has 2 rings (SSSR count). The van der Waals surface area contributed by atoms with Crippen LogP contribution in [0.1, 0.15) is 13.8 Å². The number of nitrogens with one attached hydrogen (secondary N) is 4. The van der Waals surface area contributed by atoms with Crippen LogP contribution in [0.25, 0.3) is 0 Å². The number of carbonyl (C=O) groups is 1. The molecule has 1 fully saturated rings. The fraction of sp³-hybridized carbons (Fsp3) is 0.556. The lowest BCUT2D eigenvalue weighted by Crippen LogP contribution is -3.14. The van der Waals surface area contributed by atoms with Crippen molar-refractivity contribution in [2.24, 2.45) is 0 Å². The van der Waals surface area contributed by atoms with Crippen LogP contribution in [0.2, 0.25) is 0 Å². The van der Waals surface area contributed by atoms with Crippen LogP contribution in [0.4, 0.5) is 0 Å².